The molecule has 0 N–H and O–H groups in total. The largest absolute Gasteiger partial charge is 0.493 e. The van der Waals surface area contributed by atoms with Gasteiger partial charge >= 0.3 is 0 Å². The second-order valence-electron chi connectivity index (χ2n) is 8.06. The van der Waals surface area contributed by atoms with Crippen LogP contribution in [0.1, 0.15) is 22.3 Å². The van der Waals surface area contributed by atoms with Crippen LogP contribution in [0, 0.1) is 0 Å². The fourth-order valence-corrected chi connectivity index (χ4v) is 3.43. The average molecular weight is 459 g/mol. The van der Waals surface area contributed by atoms with Gasteiger partial charge in [-0.25, -0.2) is 0 Å². The highest BCUT2D eigenvalue weighted by molar-refractivity contribution is 5.80. The molecule has 0 aliphatic heterocycles. The van der Waals surface area contributed by atoms with Crippen LogP contribution in [-0.4, -0.2) is 78.2 Å². The van der Waals surface area contributed by atoms with Crippen molar-refractivity contribution in [3.8, 4) is 23.0 Å². The number of benzene rings is 2. The number of likely N-dealkylation sites (N-methyl/N-ethyl adjacent to an activating group) is 2. The van der Waals surface area contributed by atoms with Gasteiger partial charge < -0.3 is 28.7 Å². The van der Waals surface area contributed by atoms with Crippen molar-refractivity contribution in [2.75, 3.05) is 56.6 Å². The Kier molecular flexibility index (Phi) is 8.96. The summed E-state index contributed by atoms with van der Waals surface area (Å²) in [6, 6.07) is 7.43. The van der Waals surface area contributed by atoms with Crippen LogP contribution < -0.4 is 18.9 Å². The molecule has 0 radical (unpaired) electrons. The third-order valence-electron chi connectivity index (χ3n) is 5.47. The molecule has 0 aliphatic rings. The van der Waals surface area contributed by atoms with Crippen LogP contribution in [0.25, 0.3) is 0 Å². The lowest BCUT2D eigenvalue weighted by atomic mass is 9.92. The normalized spacial score (nSPS) is 10.4. The number of hydrogen-bond donors (Lipinski definition) is 0. The lowest BCUT2D eigenvalue weighted by Crippen LogP contribution is -2.24. The first-order chi connectivity index (χ1) is 15.6. The minimum Gasteiger partial charge on any atom is -0.493 e. The van der Waals surface area contributed by atoms with Gasteiger partial charge in [-0.05, 0) is 52.9 Å². The number of nitrogens with zero attached hydrogens (tertiary/aromatic N) is 2. The summed E-state index contributed by atoms with van der Waals surface area (Å²) in [5.41, 5.74) is 3.44. The quantitative estimate of drug-likeness (QED) is 0.545. The number of methoxy groups -OCH3 is 4. The van der Waals surface area contributed by atoms with Crippen LogP contribution in [-0.2, 0) is 28.9 Å². The summed E-state index contributed by atoms with van der Waals surface area (Å²) in [4.78, 5) is 28.1. The molecule has 2 amide bonds. The highest BCUT2D eigenvalue weighted by Crippen LogP contribution is 2.35. The molecule has 0 unspecified atom stereocenters. The van der Waals surface area contributed by atoms with Crippen LogP contribution in [0.4, 0.5) is 0 Å². The smallest absolute Gasteiger partial charge is 0.226 e. The summed E-state index contributed by atoms with van der Waals surface area (Å²) in [5.74, 6) is 2.19. The standard InChI is InChI=1S/C25H34N2O6/c1-26(2)24(28)14-18-12-22(32-7)20(30-5)10-16(18)9-17-11-21(31-6)23(33-8)13-19(17)15-25(29)27(3)4/h10-13H,9,14-15H2,1-8H3. The molecule has 2 aromatic rings. The minimum absolute atomic E-state index is 0.0289. The molecule has 0 atom stereocenters. The fraction of sp³-hybridized carbons (Fsp3) is 0.440. The predicted octanol–water partition coefficient (Wildman–Crippen LogP) is 2.57. The van der Waals surface area contributed by atoms with E-state index in [-0.39, 0.29) is 24.7 Å². The maximum atomic E-state index is 12.5. The van der Waals surface area contributed by atoms with Crippen molar-refractivity contribution < 1.29 is 28.5 Å². The fourth-order valence-electron chi connectivity index (χ4n) is 3.43. The summed E-state index contributed by atoms with van der Waals surface area (Å²) in [5, 5.41) is 0. The highest BCUT2D eigenvalue weighted by Gasteiger charge is 2.19. The van der Waals surface area contributed by atoms with Crippen molar-refractivity contribution in [2.45, 2.75) is 19.3 Å². The molecule has 2 aromatic carbocycles. The zero-order valence-corrected chi connectivity index (χ0v) is 20.8. The van der Waals surface area contributed by atoms with E-state index in [9.17, 15) is 9.59 Å². The number of rotatable bonds is 10. The second-order valence-corrected chi connectivity index (χ2v) is 8.06. The van der Waals surface area contributed by atoms with Gasteiger partial charge in [0.25, 0.3) is 0 Å². The molecule has 8 heteroatoms. The first-order valence-electron chi connectivity index (χ1n) is 10.5. The maximum absolute atomic E-state index is 12.5. The predicted molar refractivity (Wildman–Crippen MR) is 127 cm³/mol. The van der Waals surface area contributed by atoms with E-state index in [0.29, 0.717) is 29.4 Å². The van der Waals surface area contributed by atoms with Crippen LogP contribution in [0.3, 0.4) is 0 Å². The number of amides is 2. The van der Waals surface area contributed by atoms with E-state index in [1.165, 1.54) is 0 Å². The van der Waals surface area contributed by atoms with Gasteiger partial charge in [-0.15, -0.1) is 0 Å². The Morgan fingerprint density at radius 3 is 1.09 bits per heavy atom. The maximum Gasteiger partial charge on any atom is 0.226 e. The van der Waals surface area contributed by atoms with Crippen LogP contribution in [0.2, 0.25) is 0 Å². The van der Waals surface area contributed by atoms with Gasteiger partial charge in [0.15, 0.2) is 23.0 Å². The first kappa shape index (κ1) is 25.8. The first-order valence-corrected chi connectivity index (χ1v) is 10.5. The molecule has 0 aromatic heterocycles. The molecule has 0 fully saturated rings. The molecule has 8 nitrogen and oxygen atoms in total. The van der Waals surface area contributed by atoms with Crippen molar-refractivity contribution in [2.24, 2.45) is 0 Å². The van der Waals surface area contributed by atoms with E-state index in [0.717, 1.165) is 22.3 Å². The van der Waals surface area contributed by atoms with Gasteiger partial charge in [0.1, 0.15) is 0 Å². The van der Waals surface area contributed by atoms with Crippen molar-refractivity contribution in [1.82, 2.24) is 9.80 Å². The Morgan fingerprint density at radius 1 is 0.576 bits per heavy atom. The van der Waals surface area contributed by atoms with Crippen LogP contribution in [0.5, 0.6) is 23.0 Å². The van der Waals surface area contributed by atoms with E-state index < -0.39 is 0 Å². The Morgan fingerprint density at radius 2 is 0.848 bits per heavy atom. The number of carbonyl (C=O) groups excluding carboxylic acids is 2. The van der Waals surface area contributed by atoms with E-state index in [1.807, 2.05) is 24.3 Å². The molecule has 0 saturated carbocycles. The summed E-state index contributed by atoms with van der Waals surface area (Å²) in [6.07, 6.45) is 0.886. The Labute approximate surface area is 196 Å². The van der Waals surface area contributed by atoms with E-state index in [4.69, 9.17) is 18.9 Å². The summed E-state index contributed by atoms with van der Waals surface area (Å²) in [7, 11) is 13.2. The van der Waals surface area contributed by atoms with E-state index in [1.54, 1.807) is 66.4 Å². The molecule has 0 aliphatic carbocycles. The minimum atomic E-state index is -0.0289. The molecule has 180 valence electrons. The van der Waals surface area contributed by atoms with Gasteiger partial charge in [-0.3, -0.25) is 9.59 Å². The molecule has 0 saturated heterocycles. The summed E-state index contributed by atoms with van der Waals surface area (Å²) >= 11 is 0. The molecule has 33 heavy (non-hydrogen) atoms. The molecule has 2 rings (SSSR count). The topological polar surface area (TPSA) is 77.5 Å². The zero-order valence-electron chi connectivity index (χ0n) is 20.8. The Bertz CT molecular complexity index is 921. The lowest BCUT2D eigenvalue weighted by molar-refractivity contribution is -0.128. The highest BCUT2D eigenvalue weighted by atomic mass is 16.5. The van der Waals surface area contributed by atoms with E-state index >= 15 is 0 Å². The second kappa shape index (κ2) is 11.4. The van der Waals surface area contributed by atoms with E-state index in [2.05, 4.69) is 0 Å². The van der Waals surface area contributed by atoms with Crippen molar-refractivity contribution >= 4 is 11.8 Å². The monoisotopic (exact) mass is 458 g/mol. The van der Waals surface area contributed by atoms with Gasteiger partial charge in [0.2, 0.25) is 11.8 Å². The average Bonchev–Trinajstić information content (AvgIpc) is 2.79. The molecule has 0 heterocycles. The van der Waals surface area contributed by atoms with Crippen LogP contribution in [0.15, 0.2) is 24.3 Å². The third-order valence-corrected chi connectivity index (χ3v) is 5.47. The SMILES string of the molecule is COc1cc(CC(=O)N(C)C)c(Cc2cc(OC)c(OC)cc2CC(=O)N(C)C)cc1OC. The van der Waals surface area contributed by atoms with Gasteiger partial charge in [-0.1, -0.05) is 0 Å². The number of hydrogen-bond acceptors (Lipinski definition) is 6. The Balaban J connectivity index is 2.63. The van der Waals surface area contributed by atoms with Gasteiger partial charge in [0, 0.05) is 28.2 Å². The third kappa shape index (κ3) is 6.31. The molecule has 0 spiro atoms. The zero-order chi connectivity index (χ0) is 24.7. The summed E-state index contributed by atoms with van der Waals surface area (Å²) < 4.78 is 21.9. The van der Waals surface area contributed by atoms with Gasteiger partial charge in [0.05, 0.1) is 41.3 Å². The number of carbonyl (C=O) groups is 2. The molecular weight excluding hydrogens is 424 g/mol. The van der Waals surface area contributed by atoms with Crippen molar-refractivity contribution in [1.29, 1.82) is 0 Å². The van der Waals surface area contributed by atoms with Crippen molar-refractivity contribution in [3.05, 3.63) is 46.5 Å². The molecular formula is C25H34N2O6. The molecule has 0 bridgehead atoms. The van der Waals surface area contributed by atoms with Crippen molar-refractivity contribution in [3.63, 3.8) is 0 Å². The van der Waals surface area contributed by atoms with Crippen LogP contribution >= 0.6 is 0 Å². The lowest BCUT2D eigenvalue weighted by Gasteiger charge is -2.20. The Hall–Kier alpha value is -3.42. The van der Waals surface area contributed by atoms with Gasteiger partial charge in [-0.2, -0.15) is 0 Å². The number of ether oxygens (including phenoxy) is 4. The summed E-state index contributed by atoms with van der Waals surface area (Å²) in [6.45, 7) is 0.